The van der Waals surface area contributed by atoms with Gasteiger partial charge in [-0.3, -0.25) is 14.6 Å². The van der Waals surface area contributed by atoms with Gasteiger partial charge < -0.3 is 16.0 Å². The van der Waals surface area contributed by atoms with Gasteiger partial charge in [-0.1, -0.05) is 6.07 Å². The highest BCUT2D eigenvalue weighted by molar-refractivity contribution is 7.99. The number of hydrogen-bond donors (Lipinski definition) is 3. The predicted molar refractivity (Wildman–Crippen MR) is 101 cm³/mol. The van der Waals surface area contributed by atoms with Crippen molar-refractivity contribution in [3.63, 3.8) is 0 Å². The van der Waals surface area contributed by atoms with Crippen molar-refractivity contribution < 1.29 is 9.59 Å². The summed E-state index contributed by atoms with van der Waals surface area (Å²) in [6.45, 7) is 0.944. The number of amides is 2. The van der Waals surface area contributed by atoms with E-state index >= 15 is 0 Å². The minimum absolute atomic E-state index is 0.0300. The van der Waals surface area contributed by atoms with Gasteiger partial charge in [-0.05, 0) is 30.3 Å². The Morgan fingerprint density at radius 1 is 1.16 bits per heavy atom. The first-order chi connectivity index (χ1) is 12.2. The molecule has 1 aliphatic rings. The van der Waals surface area contributed by atoms with E-state index in [-0.39, 0.29) is 17.9 Å². The predicted octanol–water partition coefficient (Wildman–Crippen LogP) is 2.37. The van der Waals surface area contributed by atoms with Crippen molar-refractivity contribution in [2.45, 2.75) is 12.5 Å². The van der Waals surface area contributed by atoms with Gasteiger partial charge in [0.05, 0.1) is 0 Å². The first-order valence-electron chi connectivity index (χ1n) is 8.13. The summed E-state index contributed by atoms with van der Waals surface area (Å²) in [5.74, 6) is 1.80. The molecule has 1 aromatic carbocycles. The molecule has 0 saturated carbocycles. The van der Waals surface area contributed by atoms with Crippen LogP contribution >= 0.6 is 11.8 Å². The number of rotatable bonds is 5. The van der Waals surface area contributed by atoms with E-state index in [1.54, 1.807) is 42.7 Å². The number of carbonyl (C=O) groups excluding carboxylic acids is 2. The molecule has 3 rings (SSSR count). The summed E-state index contributed by atoms with van der Waals surface area (Å²) < 4.78 is 0. The minimum atomic E-state index is -0.214. The zero-order chi connectivity index (χ0) is 17.5. The number of carbonyl (C=O) groups is 2. The fourth-order valence-electron chi connectivity index (χ4n) is 2.57. The van der Waals surface area contributed by atoms with Gasteiger partial charge in [0.15, 0.2) is 0 Å². The van der Waals surface area contributed by atoms with Gasteiger partial charge >= 0.3 is 0 Å². The Balaban J connectivity index is 1.57. The zero-order valence-electron chi connectivity index (χ0n) is 13.7. The third-order valence-electron chi connectivity index (χ3n) is 3.78. The lowest BCUT2D eigenvalue weighted by atomic mass is 10.2. The molecular weight excluding hydrogens is 336 g/mol. The van der Waals surface area contributed by atoms with Gasteiger partial charge in [-0.25, -0.2) is 0 Å². The number of thioether (sulfide) groups is 1. The highest BCUT2D eigenvalue weighted by Gasteiger charge is 2.16. The maximum Gasteiger partial charge on any atom is 0.255 e. The molecule has 130 valence electrons. The Hall–Kier alpha value is -2.38. The number of benzene rings is 1. The van der Waals surface area contributed by atoms with Gasteiger partial charge in [-0.2, -0.15) is 11.8 Å². The first-order valence-corrected chi connectivity index (χ1v) is 9.28. The second-order valence-corrected chi connectivity index (χ2v) is 6.90. The monoisotopic (exact) mass is 356 g/mol. The number of hydrogen-bond acceptors (Lipinski definition) is 5. The van der Waals surface area contributed by atoms with E-state index in [1.807, 2.05) is 17.8 Å². The Bertz CT molecular complexity index is 733. The third-order valence-corrected chi connectivity index (χ3v) is 4.91. The molecule has 3 N–H and O–H groups in total. The number of aromatic nitrogens is 1. The standard InChI is InChI=1S/C18H20N4O2S/c23-17(11-16-12-25-9-8-20-16)21-14-2-1-3-15(10-14)22-18(24)13-4-6-19-7-5-13/h1-7,10,16,20H,8-9,11-12H2,(H,21,23)(H,22,24). The highest BCUT2D eigenvalue weighted by Crippen LogP contribution is 2.17. The Kier molecular flexibility index (Phi) is 6.03. The summed E-state index contributed by atoms with van der Waals surface area (Å²) in [7, 11) is 0. The zero-order valence-corrected chi connectivity index (χ0v) is 14.5. The molecule has 1 atom stereocenters. The Morgan fingerprint density at radius 3 is 2.64 bits per heavy atom. The summed E-state index contributed by atoms with van der Waals surface area (Å²) in [6.07, 6.45) is 3.59. The average Bonchev–Trinajstić information content (AvgIpc) is 2.63. The van der Waals surface area contributed by atoms with Crippen LogP contribution < -0.4 is 16.0 Å². The Labute approximate surface area is 150 Å². The lowest BCUT2D eigenvalue weighted by molar-refractivity contribution is -0.116. The quantitative estimate of drug-likeness (QED) is 0.766. The third kappa shape index (κ3) is 5.30. The SMILES string of the molecule is O=C(CC1CSCCN1)Nc1cccc(NC(=O)c2ccncc2)c1. The van der Waals surface area contributed by atoms with Crippen molar-refractivity contribution in [1.29, 1.82) is 0 Å². The molecule has 0 aliphatic carbocycles. The van der Waals surface area contributed by atoms with E-state index < -0.39 is 0 Å². The normalized spacial score (nSPS) is 16.9. The lowest BCUT2D eigenvalue weighted by Gasteiger charge is -2.22. The molecule has 2 heterocycles. The van der Waals surface area contributed by atoms with E-state index in [1.165, 1.54) is 0 Å². The van der Waals surface area contributed by atoms with Crippen LogP contribution in [0.1, 0.15) is 16.8 Å². The van der Waals surface area contributed by atoms with Gasteiger partial charge in [-0.15, -0.1) is 0 Å². The fourth-order valence-corrected chi connectivity index (χ4v) is 3.52. The molecule has 0 bridgehead atoms. The lowest BCUT2D eigenvalue weighted by Crippen LogP contribution is -2.39. The van der Waals surface area contributed by atoms with E-state index in [4.69, 9.17) is 0 Å². The molecule has 6 nitrogen and oxygen atoms in total. The van der Waals surface area contributed by atoms with Crippen LogP contribution in [0.3, 0.4) is 0 Å². The van der Waals surface area contributed by atoms with Crippen molar-refractivity contribution in [3.05, 3.63) is 54.4 Å². The van der Waals surface area contributed by atoms with Crippen molar-refractivity contribution in [2.75, 3.05) is 28.7 Å². The van der Waals surface area contributed by atoms with Crippen LogP contribution in [-0.4, -0.2) is 40.9 Å². The van der Waals surface area contributed by atoms with Crippen LogP contribution in [0.15, 0.2) is 48.8 Å². The molecule has 2 aromatic rings. The van der Waals surface area contributed by atoms with Gasteiger partial charge in [0.1, 0.15) is 0 Å². The van der Waals surface area contributed by atoms with Crippen LogP contribution in [0.25, 0.3) is 0 Å². The van der Waals surface area contributed by atoms with Crippen molar-refractivity contribution >= 4 is 35.0 Å². The van der Waals surface area contributed by atoms with E-state index in [0.29, 0.717) is 23.4 Å². The van der Waals surface area contributed by atoms with Crippen molar-refractivity contribution in [3.8, 4) is 0 Å². The fraction of sp³-hybridized carbons (Fsp3) is 0.278. The molecule has 1 unspecified atom stereocenters. The van der Waals surface area contributed by atoms with Gasteiger partial charge in [0.2, 0.25) is 5.91 Å². The number of pyridine rings is 1. The number of anilines is 2. The highest BCUT2D eigenvalue weighted by atomic mass is 32.2. The maximum absolute atomic E-state index is 12.2. The van der Waals surface area contributed by atoms with E-state index in [2.05, 4.69) is 20.9 Å². The molecule has 1 aliphatic heterocycles. The van der Waals surface area contributed by atoms with E-state index in [9.17, 15) is 9.59 Å². The summed E-state index contributed by atoms with van der Waals surface area (Å²) in [4.78, 5) is 28.2. The largest absolute Gasteiger partial charge is 0.326 e. The molecule has 1 fully saturated rings. The molecule has 7 heteroatoms. The molecular formula is C18H20N4O2S. The number of nitrogens with one attached hydrogen (secondary N) is 3. The van der Waals surface area contributed by atoms with Crippen LogP contribution in [-0.2, 0) is 4.79 Å². The summed E-state index contributed by atoms with van der Waals surface area (Å²) >= 11 is 1.86. The van der Waals surface area contributed by atoms with Crippen LogP contribution in [0.4, 0.5) is 11.4 Å². The molecule has 2 amide bonds. The molecule has 0 radical (unpaired) electrons. The second kappa shape index (κ2) is 8.64. The van der Waals surface area contributed by atoms with Gasteiger partial charge in [0, 0.05) is 59.8 Å². The van der Waals surface area contributed by atoms with Crippen LogP contribution in [0, 0.1) is 0 Å². The topological polar surface area (TPSA) is 83.1 Å². The van der Waals surface area contributed by atoms with E-state index in [0.717, 1.165) is 18.1 Å². The number of nitrogens with zero attached hydrogens (tertiary/aromatic N) is 1. The first kappa shape index (κ1) is 17.4. The second-order valence-electron chi connectivity index (χ2n) is 5.75. The molecule has 1 aromatic heterocycles. The summed E-state index contributed by atoms with van der Waals surface area (Å²) in [6, 6.07) is 10.7. The van der Waals surface area contributed by atoms with Gasteiger partial charge in [0.25, 0.3) is 5.91 Å². The minimum Gasteiger partial charge on any atom is -0.326 e. The average molecular weight is 356 g/mol. The van der Waals surface area contributed by atoms with Crippen molar-refractivity contribution in [2.24, 2.45) is 0 Å². The Morgan fingerprint density at radius 2 is 1.92 bits per heavy atom. The van der Waals surface area contributed by atoms with Crippen LogP contribution in [0.5, 0.6) is 0 Å². The van der Waals surface area contributed by atoms with Crippen LogP contribution in [0.2, 0.25) is 0 Å². The molecule has 25 heavy (non-hydrogen) atoms. The molecule has 1 saturated heterocycles. The molecule has 0 spiro atoms. The summed E-state index contributed by atoms with van der Waals surface area (Å²) in [5.41, 5.74) is 1.83. The van der Waals surface area contributed by atoms with Crippen molar-refractivity contribution in [1.82, 2.24) is 10.3 Å². The maximum atomic E-state index is 12.2. The summed E-state index contributed by atoms with van der Waals surface area (Å²) in [5, 5.41) is 9.06. The smallest absolute Gasteiger partial charge is 0.255 e.